The second-order valence-electron chi connectivity index (χ2n) is 11.0. The highest BCUT2D eigenvalue weighted by molar-refractivity contribution is 6.08. The Morgan fingerprint density at radius 3 is 2.32 bits per heavy atom. The van der Waals surface area contributed by atoms with E-state index in [1.807, 2.05) is 24.3 Å². The lowest BCUT2D eigenvalue weighted by Gasteiger charge is -2.19. The molecule has 1 aliphatic carbocycles. The summed E-state index contributed by atoms with van der Waals surface area (Å²) < 4.78 is 12.4. The molecule has 0 unspecified atom stereocenters. The zero-order valence-corrected chi connectivity index (χ0v) is 25.6. The van der Waals surface area contributed by atoms with E-state index in [1.165, 1.54) is 38.5 Å². The van der Waals surface area contributed by atoms with Crippen molar-refractivity contribution in [3.8, 4) is 22.5 Å². The van der Waals surface area contributed by atoms with Gasteiger partial charge in [0.1, 0.15) is 17.9 Å². The van der Waals surface area contributed by atoms with E-state index in [0.717, 1.165) is 81.5 Å². The molecular weight excluding hydrogens is 508 g/mol. The molecule has 5 heteroatoms. The minimum Gasteiger partial charge on any atom is -0.462 e. The van der Waals surface area contributed by atoms with Gasteiger partial charge in [-0.1, -0.05) is 70.1 Å². The summed E-state index contributed by atoms with van der Waals surface area (Å²) >= 11 is 0. The third-order valence-corrected chi connectivity index (χ3v) is 7.79. The number of hydrogen-bond donors (Lipinski definition) is 2. The van der Waals surface area contributed by atoms with Gasteiger partial charge in [0, 0.05) is 40.4 Å². The smallest absolute Gasteiger partial charge is 0.338 e. The van der Waals surface area contributed by atoms with Crippen molar-refractivity contribution in [1.29, 1.82) is 0 Å². The maximum Gasteiger partial charge on any atom is 0.338 e. The zero-order valence-electron chi connectivity index (χ0n) is 25.6. The van der Waals surface area contributed by atoms with Crippen molar-refractivity contribution >= 4 is 22.6 Å². The summed E-state index contributed by atoms with van der Waals surface area (Å²) in [6.45, 7) is 12.7. The van der Waals surface area contributed by atoms with Gasteiger partial charge in [-0.05, 0) is 63.4 Å². The Labute approximate surface area is 245 Å². The molecule has 5 nitrogen and oxygen atoms in total. The van der Waals surface area contributed by atoms with Crippen molar-refractivity contribution in [3.05, 3.63) is 70.6 Å². The molecule has 1 heterocycles. The lowest BCUT2D eigenvalue weighted by Crippen LogP contribution is -2.76. The number of fused-ring (bicyclic) bond motifs is 2. The van der Waals surface area contributed by atoms with E-state index in [2.05, 4.69) is 69.2 Å². The summed E-state index contributed by atoms with van der Waals surface area (Å²) in [5.41, 5.74) is 7.52. The van der Waals surface area contributed by atoms with Crippen LogP contribution in [0.15, 0.2) is 52.9 Å². The van der Waals surface area contributed by atoms with E-state index in [-0.39, 0.29) is 5.97 Å². The van der Waals surface area contributed by atoms with Crippen molar-refractivity contribution in [2.45, 2.75) is 86.0 Å². The number of carbonyl (C=O) groups is 1. The number of unbranched alkanes of at least 4 members (excludes halogenated alkanes) is 7. The first-order valence-electron chi connectivity index (χ1n) is 15.6. The van der Waals surface area contributed by atoms with Crippen molar-refractivity contribution in [2.75, 3.05) is 25.0 Å². The SMILES string of the molecule is CCCCCCCCCCOC(=O)c1ccccc1-c1c2cc(C)c(=[NH+]CC)cc-2oc2cc(NCC)c(C)cc12. The molecule has 218 valence electrons. The fourth-order valence-corrected chi connectivity index (χ4v) is 5.61. The van der Waals surface area contributed by atoms with Crippen LogP contribution in [0.4, 0.5) is 5.69 Å². The van der Waals surface area contributed by atoms with Crippen molar-refractivity contribution in [1.82, 2.24) is 0 Å². The van der Waals surface area contributed by atoms with Gasteiger partial charge in [0.05, 0.1) is 18.2 Å². The Balaban J connectivity index is 1.71. The Morgan fingerprint density at radius 1 is 0.854 bits per heavy atom. The Bertz CT molecular complexity index is 1500. The molecule has 1 aliphatic heterocycles. The van der Waals surface area contributed by atoms with Crippen molar-refractivity contribution < 1.29 is 18.9 Å². The molecule has 41 heavy (non-hydrogen) atoms. The Morgan fingerprint density at radius 2 is 1.59 bits per heavy atom. The van der Waals surface area contributed by atoms with Crippen molar-refractivity contribution in [3.63, 3.8) is 0 Å². The molecule has 0 spiro atoms. The average Bonchev–Trinajstić information content (AvgIpc) is 2.96. The molecule has 2 N–H and O–H groups in total. The van der Waals surface area contributed by atoms with Crippen LogP contribution in [0.5, 0.6) is 0 Å². The van der Waals surface area contributed by atoms with Gasteiger partial charge in [0.25, 0.3) is 0 Å². The second kappa shape index (κ2) is 14.9. The molecule has 0 atom stereocenters. The van der Waals surface area contributed by atoms with Crippen LogP contribution < -0.4 is 15.7 Å². The largest absolute Gasteiger partial charge is 0.462 e. The zero-order chi connectivity index (χ0) is 29.2. The third-order valence-electron chi connectivity index (χ3n) is 7.79. The molecule has 2 aliphatic rings. The highest BCUT2D eigenvalue weighted by Gasteiger charge is 2.24. The number of rotatable bonds is 14. The fourth-order valence-electron chi connectivity index (χ4n) is 5.61. The molecule has 0 aromatic heterocycles. The van der Waals surface area contributed by atoms with Gasteiger partial charge in [-0.15, -0.1) is 0 Å². The molecule has 0 amide bonds. The van der Waals surface area contributed by atoms with Gasteiger partial charge >= 0.3 is 5.97 Å². The molecule has 0 saturated carbocycles. The van der Waals surface area contributed by atoms with E-state index >= 15 is 0 Å². The van der Waals surface area contributed by atoms with E-state index < -0.39 is 0 Å². The topological polar surface area (TPSA) is 65.4 Å². The standard InChI is InChI=1S/C36H46N2O3/c1-6-9-10-11-12-13-14-17-20-40-36(39)28-19-16-15-18-27(28)35-29-21-25(4)31(37-7-2)23-33(29)41-34-24-32(38-8-3)26(5)22-30(34)35/h15-16,18-19,21-24,37H,6-14,17,20H2,1-5H3/p+1. The maximum absolute atomic E-state index is 13.5. The Hall–Kier alpha value is -3.60. The monoisotopic (exact) mass is 555 g/mol. The summed E-state index contributed by atoms with van der Waals surface area (Å²) in [5.74, 6) is 0.509. The van der Waals surface area contributed by atoms with Crippen LogP contribution in [0.25, 0.3) is 33.4 Å². The first-order valence-corrected chi connectivity index (χ1v) is 15.6. The van der Waals surface area contributed by atoms with Gasteiger partial charge in [-0.25, -0.2) is 9.79 Å². The average molecular weight is 556 g/mol. The number of anilines is 1. The summed E-state index contributed by atoms with van der Waals surface area (Å²) in [4.78, 5) is 16.9. The van der Waals surface area contributed by atoms with Crippen molar-refractivity contribution in [2.24, 2.45) is 0 Å². The van der Waals surface area contributed by atoms with Crippen LogP contribution in [0.1, 0.15) is 93.6 Å². The van der Waals surface area contributed by atoms with Gasteiger partial charge in [-0.2, -0.15) is 0 Å². The van der Waals surface area contributed by atoms with Crippen LogP contribution >= 0.6 is 0 Å². The summed E-state index contributed by atoms with van der Waals surface area (Å²) in [6, 6.07) is 16.3. The Kier molecular flexibility index (Phi) is 11.0. The van der Waals surface area contributed by atoms with Crippen LogP contribution in [-0.4, -0.2) is 25.7 Å². The first kappa shape index (κ1) is 30.4. The molecule has 2 aromatic rings. The van der Waals surface area contributed by atoms with Crippen LogP contribution in [-0.2, 0) is 4.74 Å². The molecule has 0 fully saturated rings. The number of ether oxygens (including phenoxy) is 1. The van der Waals surface area contributed by atoms with E-state index in [0.29, 0.717) is 12.2 Å². The van der Waals surface area contributed by atoms with Gasteiger partial charge < -0.3 is 14.5 Å². The second-order valence-corrected chi connectivity index (χ2v) is 11.0. The minimum absolute atomic E-state index is 0.271. The van der Waals surface area contributed by atoms with Gasteiger partial charge in [0.2, 0.25) is 5.36 Å². The van der Waals surface area contributed by atoms with E-state index in [9.17, 15) is 4.79 Å². The summed E-state index contributed by atoms with van der Waals surface area (Å²) in [5, 5.41) is 5.48. The number of aryl methyl sites for hydroxylation is 2. The quantitative estimate of drug-likeness (QED) is 0.0958. The minimum atomic E-state index is -0.271. The lowest BCUT2D eigenvalue weighted by atomic mass is 9.89. The predicted molar refractivity (Wildman–Crippen MR) is 169 cm³/mol. The summed E-state index contributed by atoms with van der Waals surface area (Å²) in [7, 11) is 0. The maximum atomic E-state index is 13.5. The highest BCUT2D eigenvalue weighted by Crippen LogP contribution is 2.42. The molecule has 4 rings (SSSR count). The number of hydrogen-bond acceptors (Lipinski definition) is 4. The fraction of sp³-hybridized carbons (Fsp3) is 0.444. The lowest BCUT2D eigenvalue weighted by molar-refractivity contribution is -0.496. The van der Waals surface area contributed by atoms with Gasteiger partial charge in [0.15, 0.2) is 0 Å². The molecule has 2 aromatic carbocycles. The van der Waals surface area contributed by atoms with E-state index in [4.69, 9.17) is 9.15 Å². The number of carbonyl (C=O) groups excluding carboxylic acids is 1. The molecule has 0 bridgehead atoms. The van der Waals surface area contributed by atoms with Crippen LogP contribution in [0, 0.1) is 13.8 Å². The van der Waals surface area contributed by atoms with E-state index in [1.54, 1.807) is 0 Å². The molecule has 0 radical (unpaired) electrons. The van der Waals surface area contributed by atoms with Gasteiger partial charge in [-0.3, -0.25) is 0 Å². The summed E-state index contributed by atoms with van der Waals surface area (Å²) in [6.07, 6.45) is 9.68. The number of benzene rings is 3. The van der Waals surface area contributed by atoms with Crippen LogP contribution in [0.2, 0.25) is 0 Å². The first-order chi connectivity index (χ1) is 20.0. The van der Waals surface area contributed by atoms with Crippen LogP contribution in [0.3, 0.4) is 0 Å². The highest BCUT2D eigenvalue weighted by atomic mass is 16.5. The number of esters is 1. The molecular formula is C36H47N2O3+. The normalized spacial score (nSPS) is 11.9. The molecule has 0 saturated heterocycles. The number of nitrogens with one attached hydrogen (secondary N) is 2. The third kappa shape index (κ3) is 7.38. The predicted octanol–water partition coefficient (Wildman–Crippen LogP) is 7.55.